The van der Waals surface area contributed by atoms with E-state index >= 15 is 0 Å². The van der Waals surface area contributed by atoms with E-state index in [4.69, 9.17) is 14.2 Å². The van der Waals surface area contributed by atoms with Crippen LogP contribution in [0.4, 0.5) is 0 Å². The number of rotatable bonds is 6. The Balaban J connectivity index is 1.30. The van der Waals surface area contributed by atoms with Crippen LogP contribution in [0.15, 0.2) is 59.7 Å². The van der Waals surface area contributed by atoms with Gasteiger partial charge in [-0.3, -0.25) is 9.59 Å². The Morgan fingerprint density at radius 1 is 1.12 bits per heavy atom. The van der Waals surface area contributed by atoms with Gasteiger partial charge >= 0.3 is 0 Å². The van der Waals surface area contributed by atoms with Crippen molar-refractivity contribution in [3.63, 3.8) is 0 Å². The highest BCUT2D eigenvalue weighted by Crippen LogP contribution is 2.32. The Labute approximate surface area is 182 Å². The summed E-state index contributed by atoms with van der Waals surface area (Å²) in [5, 5.41) is 11.3. The number of nitrogens with zero attached hydrogens (tertiary/aromatic N) is 4. The zero-order valence-electron chi connectivity index (χ0n) is 17.1. The number of amides is 1. The molecule has 0 atom stereocenters. The second-order valence-corrected chi connectivity index (χ2v) is 7.15. The predicted molar refractivity (Wildman–Crippen MR) is 114 cm³/mol. The van der Waals surface area contributed by atoms with E-state index < -0.39 is 5.56 Å². The van der Waals surface area contributed by atoms with E-state index in [-0.39, 0.29) is 19.2 Å². The molecule has 1 N–H and O–H groups in total. The van der Waals surface area contributed by atoms with Crippen LogP contribution in [0.1, 0.15) is 5.56 Å². The van der Waals surface area contributed by atoms with Crippen LogP contribution in [-0.2, 0) is 17.9 Å². The SMILES string of the molecule is COc1ccc(-c2cc3c(=O)n(CC(=O)NCc4ccc5c(c4)OCO5)ncn3n2)cc1. The molecular formula is C22H19N5O5. The highest BCUT2D eigenvalue weighted by Gasteiger charge is 2.15. The molecule has 3 heterocycles. The molecule has 0 spiro atoms. The molecule has 10 nitrogen and oxygen atoms in total. The number of benzene rings is 2. The number of carbonyl (C=O) groups excluding carboxylic acids is 1. The second-order valence-electron chi connectivity index (χ2n) is 7.15. The molecule has 1 aliphatic rings. The van der Waals surface area contributed by atoms with Gasteiger partial charge in [0.25, 0.3) is 5.56 Å². The summed E-state index contributed by atoms with van der Waals surface area (Å²) in [6.07, 6.45) is 1.41. The number of hydrogen-bond acceptors (Lipinski definition) is 7. The van der Waals surface area contributed by atoms with Gasteiger partial charge in [-0.2, -0.15) is 10.2 Å². The van der Waals surface area contributed by atoms with Crippen LogP contribution in [0.25, 0.3) is 16.8 Å². The third kappa shape index (κ3) is 3.73. The molecule has 0 radical (unpaired) electrons. The molecule has 0 saturated heterocycles. The van der Waals surface area contributed by atoms with Crippen molar-refractivity contribution in [3.05, 3.63) is 70.8 Å². The third-order valence-electron chi connectivity index (χ3n) is 5.10. The fourth-order valence-electron chi connectivity index (χ4n) is 3.40. The minimum atomic E-state index is -0.405. The van der Waals surface area contributed by atoms with E-state index in [9.17, 15) is 9.59 Å². The zero-order valence-corrected chi connectivity index (χ0v) is 17.1. The number of ether oxygens (including phenoxy) is 3. The first kappa shape index (κ1) is 19.6. The number of carbonyl (C=O) groups is 1. The molecule has 0 bridgehead atoms. The van der Waals surface area contributed by atoms with Crippen molar-refractivity contribution in [2.45, 2.75) is 13.1 Å². The Kier molecular flexibility index (Phi) is 4.94. The summed E-state index contributed by atoms with van der Waals surface area (Å²) in [7, 11) is 1.60. The summed E-state index contributed by atoms with van der Waals surface area (Å²) in [5.41, 5.74) is 2.24. The average molecular weight is 433 g/mol. The molecule has 1 aliphatic heterocycles. The molecule has 0 aliphatic carbocycles. The van der Waals surface area contributed by atoms with Crippen molar-refractivity contribution < 1.29 is 19.0 Å². The quantitative estimate of drug-likeness (QED) is 0.492. The number of methoxy groups -OCH3 is 1. The van der Waals surface area contributed by atoms with Gasteiger partial charge in [-0.1, -0.05) is 6.07 Å². The van der Waals surface area contributed by atoms with Crippen molar-refractivity contribution in [2.75, 3.05) is 13.9 Å². The maximum Gasteiger partial charge on any atom is 0.293 e. The van der Waals surface area contributed by atoms with Gasteiger partial charge in [0.1, 0.15) is 24.1 Å². The van der Waals surface area contributed by atoms with Crippen LogP contribution in [0, 0.1) is 0 Å². The Bertz CT molecular complexity index is 1360. The fraction of sp³-hybridized carbons (Fsp3) is 0.182. The van der Waals surface area contributed by atoms with Crippen LogP contribution in [0.3, 0.4) is 0 Å². The van der Waals surface area contributed by atoms with Gasteiger partial charge in [-0.15, -0.1) is 0 Å². The molecule has 0 fully saturated rings. The van der Waals surface area contributed by atoms with Crippen molar-refractivity contribution in [2.24, 2.45) is 0 Å². The molecule has 162 valence electrons. The second kappa shape index (κ2) is 8.06. The van der Waals surface area contributed by atoms with Crippen LogP contribution >= 0.6 is 0 Å². The zero-order chi connectivity index (χ0) is 22.1. The first-order valence-electron chi connectivity index (χ1n) is 9.86. The predicted octanol–water partition coefficient (Wildman–Crippen LogP) is 1.61. The molecular weight excluding hydrogens is 414 g/mol. The third-order valence-corrected chi connectivity index (χ3v) is 5.10. The normalized spacial score (nSPS) is 12.2. The van der Waals surface area contributed by atoms with Gasteiger partial charge in [0.2, 0.25) is 12.7 Å². The van der Waals surface area contributed by atoms with Crippen molar-refractivity contribution in [1.82, 2.24) is 24.7 Å². The first-order valence-corrected chi connectivity index (χ1v) is 9.86. The summed E-state index contributed by atoms with van der Waals surface area (Å²) in [5.74, 6) is 1.72. The number of fused-ring (bicyclic) bond motifs is 2. The number of nitrogens with one attached hydrogen (secondary N) is 1. The molecule has 2 aromatic carbocycles. The first-order chi connectivity index (χ1) is 15.6. The van der Waals surface area contributed by atoms with Crippen LogP contribution in [0.5, 0.6) is 17.2 Å². The molecule has 4 aromatic rings. The molecule has 2 aromatic heterocycles. The van der Waals surface area contributed by atoms with E-state index in [1.165, 1.54) is 10.8 Å². The lowest BCUT2D eigenvalue weighted by Gasteiger charge is -2.07. The molecule has 32 heavy (non-hydrogen) atoms. The van der Waals surface area contributed by atoms with Crippen molar-refractivity contribution in [3.8, 4) is 28.5 Å². The summed E-state index contributed by atoms with van der Waals surface area (Å²) in [6, 6.07) is 14.5. The Hall–Kier alpha value is -4.34. The largest absolute Gasteiger partial charge is 0.497 e. The van der Waals surface area contributed by atoms with Gasteiger partial charge in [0, 0.05) is 12.1 Å². The van der Waals surface area contributed by atoms with Crippen LogP contribution < -0.4 is 25.1 Å². The van der Waals surface area contributed by atoms with Crippen LogP contribution in [0.2, 0.25) is 0 Å². The minimum Gasteiger partial charge on any atom is -0.497 e. The average Bonchev–Trinajstić information content (AvgIpc) is 3.47. The van der Waals surface area contributed by atoms with Gasteiger partial charge in [-0.05, 0) is 48.0 Å². The van der Waals surface area contributed by atoms with Gasteiger partial charge in [0.15, 0.2) is 11.5 Å². The van der Waals surface area contributed by atoms with Crippen molar-refractivity contribution in [1.29, 1.82) is 0 Å². The van der Waals surface area contributed by atoms with E-state index in [2.05, 4.69) is 15.5 Å². The molecule has 0 unspecified atom stereocenters. The minimum absolute atomic E-state index is 0.191. The standard InChI is InChI=1S/C22H19N5O5/c1-30-16-5-3-15(4-6-16)17-9-18-22(29)26(24-12-27(18)25-17)11-21(28)23-10-14-2-7-19-20(8-14)32-13-31-19/h2-9,12H,10-11,13H2,1H3,(H,23,28). The number of hydrogen-bond donors (Lipinski definition) is 1. The molecule has 10 heteroatoms. The molecule has 0 saturated carbocycles. The highest BCUT2D eigenvalue weighted by atomic mass is 16.7. The highest BCUT2D eigenvalue weighted by molar-refractivity contribution is 5.75. The van der Waals surface area contributed by atoms with E-state index in [0.717, 1.165) is 21.6 Å². The Morgan fingerprint density at radius 2 is 1.94 bits per heavy atom. The van der Waals surface area contributed by atoms with E-state index in [0.29, 0.717) is 29.3 Å². The lowest BCUT2D eigenvalue weighted by Crippen LogP contribution is -2.34. The van der Waals surface area contributed by atoms with E-state index in [1.54, 1.807) is 19.2 Å². The van der Waals surface area contributed by atoms with E-state index in [1.807, 2.05) is 36.4 Å². The fourth-order valence-corrected chi connectivity index (χ4v) is 3.40. The molecule has 1 amide bonds. The summed E-state index contributed by atoms with van der Waals surface area (Å²) in [4.78, 5) is 25.2. The van der Waals surface area contributed by atoms with Gasteiger partial charge in [0.05, 0.1) is 12.8 Å². The lowest BCUT2D eigenvalue weighted by atomic mass is 10.1. The number of aromatic nitrogens is 4. The molecule has 5 rings (SSSR count). The van der Waals surface area contributed by atoms with Gasteiger partial charge in [-0.25, -0.2) is 9.20 Å². The van der Waals surface area contributed by atoms with Crippen molar-refractivity contribution >= 4 is 11.4 Å². The summed E-state index contributed by atoms with van der Waals surface area (Å²) < 4.78 is 18.3. The smallest absolute Gasteiger partial charge is 0.293 e. The topological polar surface area (TPSA) is 109 Å². The Morgan fingerprint density at radius 3 is 2.75 bits per heavy atom. The van der Waals surface area contributed by atoms with Gasteiger partial charge < -0.3 is 19.5 Å². The maximum absolute atomic E-state index is 12.8. The maximum atomic E-state index is 12.8. The summed E-state index contributed by atoms with van der Waals surface area (Å²) >= 11 is 0. The monoisotopic (exact) mass is 433 g/mol. The lowest BCUT2D eigenvalue weighted by molar-refractivity contribution is -0.122. The summed E-state index contributed by atoms with van der Waals surface area (Å²) in [6.45, 7) is 0.278. The van der Waals surface area contributed by atoms with Crippen LogP contribution in [-0.4, -0.2) is 39.2 Å².